The largest absolute Gasteiger partial charge is 0.397 e. The fourth-order valence-electron chi connectivity index (χ4n) is 1.83. The molecule has 0 saturated carbocycles. The average Bonchev–Trinajstić information content (AvgIpc) is 2.68. The van der Waals surface area contributed by atoms with Gasteiger partial charge in [0.15, 0.2) is 0 Å². The lowest BCUT2D eigenvalue weighted by Gasteiger charge is -2.10. The number of amides is 1. The molecule has 2 aromatic rings. The molecule has 1 amide bonds. The van der Waals surface area contributed by atoms with E-state index in [-0.39, 0.29) is 11.9 Å². The second kappa shape index (κ2) is 5.23. The predicted octanol–water partition coefficient (Wildman–Crippen LogP) is 3.18. The van der Waals surface area contributed by atoms with E-state index in [4.69, 9.17) is 5.73 Å². The average molecular weight is 260 g/mol. The molecule has 0 saturated heterocycles. The molecular formula is C14H16N2OS. The van der Waals surface area contributed by atoms with Gasteiger partial charge in [-0.3, -0.25) is 4.79 Å². The van der Waals surface area contributed by atoms with Crippen LogP contribution in [0.4, 0.5) is 5.69 Å². The van der Waals surface area contributed by atoms with Gasteiger partial charge in [-0.1, -0.05) is 24.3 Å². The number of carbonyl (C=O) groups is 1. The number of rotatable bonds is 4. The van der Waals surface area contributed by atoms with Crippen LogP contribution in [0.1, 0.15) is 23.0 Å². The van der Waals surface area contributed by atoms with E-state index < -0.39 is 0 Å². The van der Waals surface area contributed by atoms with E-state index in [1.54, 1.807) is 6.08 Å². The number of anilines is 1. The molecular weight excluding hydrogens is 244 g/mol. The molecule has 18 heavy (non-hydrogen) atoms. The van der Waals surface area contributed by atoms with Gasteiger partial charge < -0.3 is 11.1 Å². The number of thiophene rings is 1. The summed E-state index contributed by atoms with van der Waals surface area (Å²) in [5.74, 6) is -0.108. The minimum absolute atomic E-state index is 0.0691. The topological polar surface area (TPSA) is 55.1 Å². The van der Waals surface area contributed by atoms with Crippen molar-refractivity contribution in [3.8, 4) is 0 Å². The number of carbonyl (C=O) groups excluding carboxylic acids is 1. The van der Waals surface area contributed by atoms with Crippen molar-refractivity contribution in [2.24, 2.45) is 0 Å². The maximum absolute atomic E-state index is 12.1. The summed E-state index contributed by atoms with van der Waals surface area (Å²) >= 11 is 1.43. The highest BCUT2D eigenvalue weighted by Crippen LogP contribution is 2.33. The highest BCUT2D eigenvalue weighted by molar-refractivity contribution is 7.21. The summed E-state index contributed by atoms with van der Waals surface area (Å²) in [4.78, 5) is 12.7. The van der Waals surface area contributed by atoms with E-state index in [2.05, 4.69) is 11.9 Å². The maximum Gasteiger partial charge on any atom is 0.263 e. The molecule has 0 aliphatic heterocycles. The van der Waals surface area contributed by atoms with Crippen molar-refractivity contribution in [2.75, 3.05) is 5.73 Å². The molecule has 1 heterocycles. The molecule has 0 aliphatic carbocycles. The van der Waals surface area contributed by atoms with Gasteiger partial charge in [-0.15, -0.1) is 17.9 Å². The smallest absolute Gasteiger partial charge is 0.263 e. The van der Waals surface area contributed by atoms with E-state index >= 15 is 0 Å². The van der Waals surface area contributed by atoms with Gasteiger partial charge in [0.05, 0.1) is 5.69 Å². The van der Waals surface area contributed by atoms with Gasteiger partial charge in [0, 0.05) is 16.1 Å². The fourth-order valence-corrected chi connectivity index (χ4v) is 2.86. The first-order valence-corrected chi connectivity index (χ1v) is 6.64. The summed E-state index contributed by atoms with van der Waals surface area (Å²) in [6.07, 6.45) is 2.54. The second-order valence-corrected chi connectivity index (χ2v) is 5.29. The Morgan fingerprint density at radius 1 is 1.56 bits per heavy atom. The van der Waals surface area contributed by atoms with Gasteiger partial charge in [-0.2, -0.15) is 0 Å². The summed E-state index contributed by atoms with van der Waals surface area (Å²) in [7, 11) is 0. The molecule has 0 aliphatic rings. The molecule has 1 aromatic carbocycles. The molecule has 4 heteroatoms. The van der Waals surface area contributed by atoms with Crippen molar-refractivity contribution in [2.45, 2.75) is 19.4 Å². The number of nitrogens with one attached hydrogen (secondary N) is 1. The molecule has 3 N–H and O–H groups in total. The van der Waals surface area contributed by atoms with Gasteiger partial charge in [0.1, 0.15) is 4.88 Å². The first kappa shape index (κ1) is 12.6. The van der Waals surface area contributed by atoms with Crippen LogP contribution in [0.25, 0.3) is 10.1 Å². The lowest BCUT2D eigenvalue weighted by Crippen LogP contribution is -2.31. The number of benzene rings is 1. The van der Waals surface area contributed by atoms with Crippen LogP contribution in [0.3, 0.4) is 0 Å². The van der Waals surface area contributed by atoms with Crippen LogP contribution in [0, 0.1) is 0 Å². The molecule has 94 valence electrons. The van der Waals surface area contributed by atoms with Crippen molar-refractivity contribution >= 4 is 33.0 Å². The van der Waals surface area contributed by atoms with E-state index in [1.165, 1.54) is 11.3 Å². The SMILES string of the molecule is C=CCC(C)NC(=O)c1sc2ccccc2c1N. The molecule has 1 aromatic heterocycles. The summed E-state index contributed by atoms with van der Waals surface area (Å²) in [5, 5.41) is 3.87. The van der Waals surface area contributed by atoms with Gasteiger partial charge in [0.2, 0.25) is 0 Å². The molecule has 0 fully saturated rings. The predicted molar refractivity (Wildman–Crippen MR) is 78.0 cm³/mol. The summed E-state index contributed by atoms with van der Waals surface area (Å²) in [5.41, 5.74) is 6.59. The van der Waals surface area contributed by atoms with Gasteiger partial charge in [-0.05, 0) is 19.4 Å². The minimum atomic E-state index is -0.108. The fraction of sp³-hybridized carbons (Fsp3) is 0.214. The second-order valence-electron chi connectivity index (χ2n) is 4.24. The van der Waals surface area contributed by atoms with E-state index in [0.717, 1.165) is 16.5 Å². The first-order chi connectivity index (χ1) is 8.63. The maximum atomic E-state index is 12.1. The Bertz CT molecular complexity index is 588. The van der Waals surface area contributed by atoms with Crippen molar-refractivity contribution in [1.82, 2.24) is 5.32 Å². The van der Waals surface area contributed by atoms with Crippen LogP contribution in [0.5, 0.6) is 0 Å². The van der Waals surface area contributed by atoms with Crippen molar-refractivity contribution in [3.05, 3.63) is 41.8 Å². The Morgan fingerprint density at radius 3 is 2.94 bits per heavy atom. The van der Waals surface area contributed by atoms with Crippen LogP contribution in [-0.2, 0) is 0 Å². The van der Waals surface area contributed by atoms with Crippen LogP contribution in [0.2, 0.25) is 0 Å². The van der Waals surface area contributed by atoms with Crippen LogP contribution >= 0.6 is 11.3 Å². The van der Waals surface area contributed by atoms with Gasteiger partial charge in [-0.25, -0.2) is 0 Å². The molecule has 0 bridgehead atoms. The van der Waals surface area contributed by atoms with E-state index in [9.17, 15) is 4.79 Å². The summed E-state index contributed by atoms with van der Waals surface area (Å²) in [6.45, 7) is 5.61. The van der Waals surface area contributed by atoms with Gasteiger partial charge in [0.25, 0.3) is 5.91 Å². The van der Waals surface area contributed by atoms with Crippen molar-refractivity contribution in [1.29, 1.82) is 0 Å². The highest BCUT2D eigenvalue weighted by Gasteiger charge is 2.17. The molecule has 1 unspecified atom stereocenters. The van der Waals surface area contributed by atoms with Crippen molar-refractivity contribution < 1.29 is 4.79 Å². The third-order valence-electron chi connectivity index (χ3n) is 2.74. The molecule has 0 spiro atoms. The highest BCUT2D eigenvalue weighted by atomic mass is 32.1. The van der Waals surface area contributed by atoms with Crippen LogP contribution in [0.15, 0.2) is 36.9 Å². The molecule has 2 rings (SSSR count). The molecule has 0 radical (unpaired) electrons. The van der Waals surface area contributed by atoms with E-state index in [1.807, 2.05) is 31.2 Å². The lowest BCUT2D eigenvalue weighted by atomic mass is 10.2. The van der Waals surface area contributed by atoms with E-state index in [0.29, 0.717) is 10.6 Å². The Kier molecular flexibility index (Phi) is 3.67. The Hall–Kier alpha value is -1.81. The standard InChI is InChI=1S/C14H16N2OS/c1-3-6-9(2)16-14(17)13-12(15)10-7-4-5-8-11(10)18-13/h3-5,7-9H,1,6,15H2,2H3,(H,16,17). The monoisotopic (exact) mass is 260 g/mol. The summed E-state index contributed by atoms with van der Waals surface area (Å²) in [6, 6.07) is 7.85. The van der Waals surface area contributed by atoms with Crippen LogP contribution in [-0.4, -0.2) is 11.9 Å². The Morgan fingerprint density at radius 2 is 2.28 bits per heavy atom. The quantitative estimate of drug-likeness (QED) is 0.830. The normalized spacial score (nSPS) is 12.3. The van der Waals surface area contributed by atoms with Crippen molar-refractivity contribution in [3.63, 3.8) is 0 Å². The zero-order chi connectivity index (χ0) is 13.1. The lowest BCUT2D eigenvalue weighted by molar-refractivity contribution is 0.0945. The van der Waals surface area contributed by atoms with Gasteiger partial charge >= 0.3 is 0 Å². The third-order valence-corrected chi connectivity index (χ3v) is 3.92. The number of nitrogens with two attached hydrogens (primary N) is 1. The number of nitrogen functional groups attached to an aromatic ring is 1. The first-order valence-electron chi connectivity index (χ1n) is 5.82. The zero-order valence-corrected chi connectivity index (χ0v) is 11.1. The summed E-state index contributed by atoms with van der Waals surface area (Å²) < 4.78 is 1.04. The minimum Gasteiger partial charge on any atom is -0.397 e. The third kappa shape index (κ3) is 2.38. The number of fused-ring (bicyclic) bond motifs is 1. The molecule has 3 nitrogen and oxygen atoms in total. The Labute approximate surface area is 110 Å². The number of hydrogen-bond donors (Lipinski definition) is 2. The zero-order valence-electron chi connectivity index (χ0n) is 10.3. The Balaban J connectivity index is 2.28. The molecule has 1 atom stereocenters. The van der Waals surface area contributed by atoms with Crippen LogP contribution < -0.4 is 11.1 Å². The number of hydrogen-bond acceptors (Lipinski definition) is 3.